The summed E-state index contributed by atoms with van der Waals surface area (Å²) in [4.78, 5) is 2.32. The van der Waals surface area contributed by atoms with Crippen LogP contribution < -0.4 is 10.6 Å². The first-order valence-electron chi connectivity index (χ1n) is 5.39. The normalized spacial score (nSPS) is 19.8. The van der Waals surface area contributed by atoms with Gasteiger partial charge < -0.3 is 10.6 Å². The van der Waals surface area contributed by atoms with Crippen LogP contribution in [0.1, 0.15) is 12.0 Å². The van der Waals surface area contributed by atoms with E-state index in [0.29, 0.717) is 11.5 Å². The molecule has 1 saturated heterocycles. The Morgan fingerprint density at radius 1 is 1.56 bits per heavy atom. The minimum Gasteiger partial charge on any atom is -0.371 e. The fourth-order valence-electron chi connectivity index (χ4n) is 2.05. The summed E-state index contributed by atoms with van der Waals surface area (Å²) >= 11 is 3.41. The summed E-state index contributed by atoms with van der Waals surface area (Å²) in [5, 5.41) is 8.84. The standard InChI is InChI=1S/C12H14BrN3/c13-12-5-11(2-1-10(12)7-15)16-4-3-9(6-14)8-16/h1-2,5,9H,3-4,6,8,14H2. The molecule has 3 nitrogen and oxygen atoms in total. The van der Waals surface area contributed by atoms with Crippen molar-refractivity contribution in [3.05, 3.63) is 28.2 Å². The predicted molar refractivity (Wildman–Crippen MR) is 68.2 cm³/mol. The molecular weight excluding hydrogens is 266 g/mol. The molecule has 1 aromatic rings. The highest BCUT2D eigenvalue weighted by atomic mass is 79.9. The molecule has 0 saturated carbocycles. The van der Waals surface area contributed by atoms with Crippen LogP contribution in [-0.4, -0.2) is 19.6 Å². The lowest BCUT2D eigenvalue weighted by atomic mass is 10.1. The largest absolute Gasteiger partial charge is 0.371 e. The smallest absolute Gasteiger partial charge is 0.100 e. The number of hydrogen-bond donors (Lipinski definition) is 1. The van der Waals surface area contributed by atoms with E-state index in [1.165, 1.54) is 5.69 Å². The van der Waals surface area contributed by atoms with E-state index < -0.39 is 0 Å². The first-order chi connectivity index (χ1) is 7.74. The van der Waals surface area contributed by atoms with Crippen LogP contribution in [0.4, 0.5) is 5.69 Å². The van der Waals surface area contributed by atoms with E-state index >= 15 is 0 Å². The Hall–Kier alpha value is -1.05. The van der Waals surface area contributed by atoms with Gasteiger partial charge in [0.1, 0.15) is 6.07 Å². The van der Waals surface area contributed by atoms with Gasteiger partial charge in [0.05, 0.1) is 5.56 Å². The van der Waals surface area contributed by atoms with Crippen LogP contribution in [0.3, 0.4) is 0 Å². The molecule has 1 unspecified atom stereocenters. The molecule has 1 aromatic carbocycles. The molecule has 1 fully saturated rings. The number of rotatable bonds is 2. The van der Waals surface area contributed by atoms with E-state index in [1.54, 1.807) is 0 Å². The van der Waals surface area contributed by atoms with Crippen LogP contribution in [-0.2, 0) is 0 Å². The molecule has 16 heavy (non-hydrogen) atoms. The van der Waals surface area contributed by atoms with Crippen LogP contribution >= 0.6 is 15.9 Å². The van der Waals surface area contributed by atoms with E-state index in [4.69, 9.17) is 11.0 Å². The topological polar surface area (TPSA) is 53.0 Å². The number of anilines is 1. The Balaban J connectivity index is 2.17. The maximum Gasteiger partial charge on any atom is 0.100 e. The highest BCUT2D eigenvalue weighted by Crippen LogP contribution is 2.27. The first-order valence-corrected chi connectivity index (χ1v) is 6.18. The summed E-state index contributed by atoms with van der Waals surface area (Å²) in [5.74, 6) is 0.606. The molecule has 84 valence electrons. The average molecular weight is 280 g/mol. The van der Waals surface area contributed by atoms with Gasteiger partial charge >= 0.3 is 0 Å². The van der Waals surface area contributed by atoms with Crippen molar-refractivity contribution >= 4 is 21.6 Å². The zero-order chi connectivity index (χ0) is 11.5. The highest BCUT2D eigenvalue weighted by molar-refractivity contribution is 9.10. The second kappa shape index (κ2) is 4.86. The molecule has 0 bridgehead atoms. The number of benzene rings is 1. The van der Waals surface area contributed by atoms with Gasteiger partial charge in [0.25, 0.3) is 0 Å². The van der Waals surface area contributed by atoms with Crippen molar-refractivity contribution in [3.63, 3.8) is 0 Å². The zero-order valence-corrected chi connectivity index (χ0v) is 10.6. The van der Waals surface area contributed by atoms with Gasteiger partial charge in [0, 0.05) is 23.2 Å². The van der Waals surface area contributed by atoms with Crippen LogP contribution in [0.2, 0.25) is 0 Å². The van der Waals surface area contributed by atoms with Gasteiger partial charge in [-0.1, -0.05) is 0 Å². The monoisotopic (exact) mass is 279 g/mol. The van der Waals surface area contributed by atoms with Crippen molar-refractivity contribution < 1.29 is 0 Å². The molecule has 0 aliphatic carbocycles. The number of nitrogens with zero attached hydrogens (tertiary/aromatic N) is 2. The second-order valence-corrected chi connectivity index (χ2v) is 4.97. The fourth-order valence-corrected chi connectivity index (χ4v) is 2.51. The molecule has 0 amide bonds. The zero-order valence-electron chi connectivity index (χ0n) is 8.99. The molecular formula is C12H14BrN3. The number of halogens is 1. The number of nitrogens with two attached hydrogens (primary N) is 1. The molecule has 2 rings (SSSR count). The lowest BCUT2D eigenvalue weighted by Gasteiger charge is -2.18. The van der Waals surface area contributed by atoms with Gasteiger partial charge in [-0.05, 0) is 53.0 Å². The van der Waals surface area contributed by atoms with Crippen molar-refractivity contribution in [1.82, 2.24) is 0 Å². The lowest BCUT2D eigenvalue weighted by molar-refractivity contribution is 0.602. The maximum atomic E-state index is 8.84. The third kappa shape index (κ3) is 2.21. The summed E-state index contributed by atoms with van der Waals surface area (Å²) < 4.78 is 0.865. The van der Waals surface area contributed by atoms with Crippen LogP contribution in [0.25, 0.3) is 0 Å². The molecule has 1 heterocycles. The van der Waals surface area contributed by atoms with Gasteiger partial charge in [-0.3, -0.25) is 0 Å². The first kappa shape index (κ1) is 11.4. The average Bonchev–Trinajstić information content (AvgIpc) is 2.77. The highest BCUT2D eigenvalue weighted by Gasteiger charge is 2.21. The minimum absolute atomic E-state index is 0.606. The van der Waals surface area contributed by atoms with E-state index in [9.17, 15) is 0 Å². The summed E-state index contributed by atoms with van der Waals surface area (Å²) in [6.07, 6.45) is 1.16. The molecule has 1 aliphatic rings. The SMILES string of the molecule is N#Cc1ccc(N2CCC(CN)C2)cc1Br. The number of nitriles is 1. The van der Waals surface area contributed by atoms with E-state index in [2.05, 4.69) is 26.9 Å². The van der Waals surface area contributed by atoms with Crippen molar-refractivity contribution in [3.8, 4) is 6.07 Å². The van der Waals surface area contributed by atoms with Gasteiger partial charge in [0.2, 0.25) is 0 Å². The van der Waals surface area contributed by atoms with E-state index in [0.717, 1.165) is 30.5 Å². The Morgan fingerprint density at radius 3 is 2.94 bits per heavy atom. The van der Waals surface area contributed by atoms with Crippen molar-refractivity contribution in [2.75, 3.05) is 24.5 Å². The Bertz CT molecular complexity index is 425. The van der Waals surface area contributed by atoms with Crippen LogP contribution in [0.5, 0.6) is 0 Å². The van der Waals surface area contributed by atoms with Crippen molar-refractivity contribution in [1.29, 1.82) is 5.26 Å². The fraction of sp³-hybridized carbons (Fsp3) is 0.417. The summed E-state index contributed by atoms with van der Waals surface area (Å²) in [6, 6.07) is 8.02. The summed E-state index contributed by atoms with van der Waals surface area (Å²) in [7, 11) is 0. The van der Waals surface area contributed by atoms with Crippen LogP contribution in [0.15, 0.2) is 22.7 Å². The molecule has 4 heteroatoms. The number of hydrogen-bond acceptors (Lipinski definition) is 3. The van der Waals surface area contributed by atoms with Gasteiger partial charge in [-0.15, -0.1) is 0 Å². The Morgan fingerprint density at radius 2 is 2.38 bits per heavy atom. The Labute approximate surface area is 104 Å². The van der Waals surface area contributed by atoms with Gasteiger partial charge in [-0.25, -0.2) is 0 Å². The summed E-state index contributed by atoms with van der Waals surface area (Å²) in [6.45, 7) is 2.84. The van der Waals surface area contributed by atoms with Crippen LogP contribution in [0, 0.1) is 17.2 Å². The van der Waals surface area contributed by atoms with E-state index in [-0.39, 0.29) is 0 Å². The second-order valence-electron chi connectivity index (χ2n) is 4.11. The molecule has 0 spiro atoms. The van der Waals surface area contributed by atoms with Gasteiger partial charge in [0.15, 0.2) is 0 Å². The van der Waals surface area contributed by atoms with Gasteiger partial charge in [-0.2, -0.15) is 5.26 Å². The minimum atomic E-state index is 0.606. The predicted octanol–water partition coefficient (Wildman–Crippen LogP) is 2.11. The lowest BCUT2D eigenvalue weighted by Crippen LogP contribution is -2.22. The molecule has 1 aliphatic heterocycles. The third-order valence-electron chi connectivity index (χ3n) is 3.06. The maximum absolute atomic E-state index is 8.84. The third-order valence-corrected chi connectivity index (χ3v) is 3.71. The Kier molecular flexibility index (Phi) is 3.47. The summed E-state index contributed by atoms with van der Waals surface area (Å²) in [5.41, 5.74) is 7.52. The molecule has 1 atom stereocenters. The quantitative estimate of drug-likeness (QED) is 0.902. The van der Waals surface area contributed by atoms with Crippen molar-refractivity contribution in [2.45, 2.75) is 6.42 Å². The van der Waals surface area contributed by atoms with Crippen molar-refractivity contribution in [2.24, 2.45) is 11.7 Å². The molecule has 2 N–H and O–H groups in total. The van der Waals surface area contributed by atoms with E-state index in [1.807, 2.05) is 18.2 Å². The molecule has 0 aromatic heterocycles. The molecule has 0 radical (unpaired) electrons.